The van der Waals surface area contributed by atoms with Crippen LogP contribution in [0.5, 0.6) is 0 Å². The van der Waals surface area contributed by atoms with Crippen LogP contribution in [0.4, 0.5) is 0 Å². The van der Waals surface area contributed by atoms with E-state index in [1.54, 1.807) is 4.90 Å². The first-order chi connectivity index (χ1) is 8.25. The fourth-order valence-electron chi connectivity index (χ4n) is 2.79. The summed E-state index contributed by atoms with van der Waals surface area (Å²) in [6, 6.07) is -0.448. The SMILES string of the molecule is COC(=O)C1N2C(=O)C(=C(C)C)C2[S+](C)C1(C)C. The van der Waals surface area contributed by atoms with Gasteiger partial charge in [0.25, 0.3) is 5.91 Å². The van der Waals surface area contributed by atoms with Crippen LogP contribution in [-0.2, 0) is 25.2 Å². The van der Waals surface area contributed by atoms with Crippen LogP contribution in [0.3, 0.4) is 0 Å². The first kappa shape index (κ1) is 13.5. The second-order valence-corrected chi connectivity index (χ2v) is 8.18. The van der Waals surface area contributed by atoms with Gasteiger partial charge in [-0.15, -0.1) is 0 Å². The molecule has 0 aromatic carbocycles. The van der Waals surface area contributed by atoms with Crippen molar-refractivity contribution < 1.29 is 14.3 Å². The van der Waals surface area contributed by atoms with E-state index < -0.39 is 6.04 Å². The fourth-order valence-corrected chi connectivity index (χ4v) is 5.18. The van der Waals surface area contributed by atoms with Gasteiger partial charge < -0.3 is 4.74 Å². The summed E-state index contributed by atoms with van der Waals surface area (Å²) in [5, 5.41) is 0.0987. The lowest BCUT2D eigenvalue weighted by Crippen LogP contribution is -2.59. The minimum Gasteiger partial charge on any atom is -0.467 e. The zero-order chi connectivity index (χ0) is 13.8. The molecule has 2 aliphatic heterocycles. The van der Waals surface area contributed by atoms with Crippen molar-refractivity contribution in [1.29, 1.82) is 0 Å². The number of carbonyl (C=O) groups excluding carboxylic acids is 2. The van der Waals surface area contributed by atoms with Gasteiger partial charge in [0.1, 0.15) is 6.26 Å². The summed E-state index contributed by atoms with van der Waals surface area (Å²) in [5.41, 5.74) is 1.95. The van der Waals surface area contributed by atoms with E-state index >= 15 is 0 Å². The van der Waals surface area contributed by atoms with E-state index in [2.05, 4.69) is 6.26 Å². The van der Waals surface area contributed by atoms with Gasteiger partial charge in [0.2, 0.25) is 5.37 Å². The molecular weight excluding hydrogens is 250 g/mol. The van der Waals surface area contributed by atoms with Crippen molar-refractivity contribution >= 4 is 22.8 Å². The summed E-state index contributed by atoms with van der Waals surface area (Å²) in [6.45, 7) is 8.01. The Balaban J connectivity index is 2.46. The number of rotatable bonds is 1. The minimum atomic E-state index is -0.448. The Bertz CT molecular complexity index is 451. The number of methoxy groups -OCH3 is 1. The Kier molecular flexibility index (Phi) is 3.00. The average molecular weight is 270 g/mol. The molecule has 5 heteroatoms. The van der Waals surface area contributed by atoms with Crippen molar-refractivity contribution in [2.45, 2.75) is 43.9 Å². The highest BCUT2D eigenvalue weighted by atomic mass is 32.2. The average Bonchev–Trinajstić information content (AvgIpc) is 2.45. The van der Waals surface area contributed by atoms with Crippen molar-refractivity contribution in [3.05, 3.63) is 11.1 Å². The Labute approximate surface area is 111 Å². The highest BCUT2D eigenvalue weighted by Gasteiger charge is 2.72. The zero-order valence-electron chi connectivity index (χ0n) is 11.7. The number of allylic oxidation sites excluding steroid dienone is 1. The van der Waals surface area contributed by atoms with Crippen LogP contribution in [0.1, 0.15) is 27.7 Å². The molecule has 2 saturated heterocycles. The molecule has 2 aliphatic rings. The molecule has 0 saturated carbocycles. The molecule has 0 aromatic heterocycles. The standard InChI is InChI=1S/C13H20NO3S/c1-7(2)8-10(15)14-9(12(16)17-5)13(3,4)18(6)11(8)14/h9,11H,1-6H3/q+1. The monoisotopic (exact) mass is 270 g/mol. The number of hydrogen-bond donors (Lipinski definition) is 0. The summed E-state index contributed by atoms with van der Waals surface area (Å²) < 4.78 is 4.64. The quantitative estimate of drug-likeness (QED) is 0.310. The van der Waals surface area contributed by atoms with Crippen molar-refractivity contribution in [3.8, 4) is 0 Å². The molecule has 2 rings (SSSR count). The molecule has 3 unspecified atom stereocenters. The Hall–Kier alpha value is -0.970. The molecule has 0 N–H and O–H groups in total. The van der Waals surface area contributed by atoms with Gasteiger partial charge >= 0.3 is 5.97 Å². The second kappa shape index (κ2) is 4.02. The topological polar surface area (TPSA) is 46.6 Å². The van der Waals surface area contributed by atoms with E-state index in [0.29, 0.717) is 0 Å². The molecule has 0 aromatic rings. The van der Waals surface area contributed by atoms with Crippen LogP contribution in [0.2, 0.25) is 0 Å². The van der Waals surface area contributed by atoms with Gasteiger partial charge in [0.15, 0.2) is 10.8 Å². The summed E-state index contributed by atoms with van der Waals surface area (Å²) in [6.07, 6.45) is 2.13. The fraction of sp³-hybridized carbons (Fsp3) is 0.692. The van der Waals surface area contributed by atoms with E-state index in [4.69, 9.17) is 4.74 Å². The predicted octanol–water partition coefficient (Wildman–Crippen LogP) is 1.07. The van der Waals surface area contributed by atoms with Crippen molar-refractivity contribution in [2.24, 2.45) is 0 Å². The Morgan fingerprint density at radius 2 is 1.94 bits per heavy atom. The highest BCUT2D eigenvalue weighted by Crippen LogP contribution is 2.49. The van der Waals surface area contributed by atoms with Gasteiger partial charge in [-0.05, 0) is 27.7 Å². The zero-order valence-corrected chi connectivity index (χ0v) is 12.6. The Morgan fingerprint density at radius 3 is 2.39 bits per heavy atom. The van der Waals surface area contributed by atoms with Gasteiger partial charge in [0, 0.05) is 10.9 Å². The van der Waals surface area contributed by atoms with Crippen molar-refractivity contribution in [1.82, 2.24) is 4.90 Å². The lowest BCUT2D eigenvalue weighted by atomic mass is 9.94. The number of β-lactam (4-membered cyclic amide) rings is 1. The van der Waals surface area contributed by atoms with E-state index in [0.717, 1.165) is 11.1 Å². The van der Waals surface area contributed by atoms with Gasteiger partial charge in [-0.25, -0.2) is 4.79 Å². The third-order valence-electron chi connectivity index (χ3n) is 4.03. The number of fused-ring (bicyclic) bond motifs is 1. The highest BCUT2D eigenvalue weighted by molar-refractivity contribution is 7.98. The van der Waals surface area contributed by atoms with E-state index in [-0.39, 0.29) is 32.9 Å². The smallest absolute Gasteiger partial charge is 0.334 e. The van der Waals surface area contributed by atoms with Crippen LogP contribution in [0.15, 0.2) is 11.1 Å². The molecular formula is C13H20NO3S+. The molecule has 0 bridgehead atoms. The molecule has 4 nitrogen and oxygen atoms in total. The first-order valence-corrected chi connectivity index (χ1v) is 7.67. The van der Waals surface area contributed by atoms with Crippen LogP contribution in [0.25, 0.3) is 0 Å². The van der Waals surface area contributed by atoms with Gasteiger partial charge in [0.05, 0.1) is 12.7 Å². The largest absolute Gasteiger partial charge is 0.467 e. The summed E-state index contributed by atoms with van der Waals surface area (Å²) in [5.74, 6) is -0.302. The number of hydrogen-bond acceptors (Lipinski definition) is 3. The second-order valence-electron chi connectivity index (χ2n) is 5.57. The van der Waals surface area contributed by atoms with Gasteiger partial charge in [-0.3, -0.25) is 9.69 Å². The predicted molar refractivity (Wildman–Crippen MR) is 72.2 cm³/mol. The number of nitrogens with zero attached hydrogens (tertiary/aromatic N) is 1. The molecule has 3 atom stereocenters. The maximum absolute atomic E-state index is 12.2. The minimum absolute atomic E-state index is 0.000301. The first-order valence-electron chi connectivity index (χ1n) is 5.97. The van der Waals surface area contributed by atoms with Crippen LogP contribution in [0, 0.1) is 0 Å². The third-order valence-corrected chi connectivity index (χ3v) is 7.04. The van der Waals surface area contributed by atoms with E-state index in [1.165, 1.54) is 7.11 Å². The summed E-state index contributed by atoms with van der Waals surface area (Å²) >= 11 is 0. The molecule has 0 spiro atoms. The molecule has 0 aliphatic carbocycles. The maximum Gasteiger partial charge on any atom is 0.334 e. The van der Waals surface area contributed by atoms with E-state index in [1.807, 2.05) is 27.7 Å². The van der Waals surface area contributed by atoms with Crippen molar-refractivity contribution in [3.63, 3.8) is 0 Å². The molecule has 2 heterocycles. The van der Waals surface area contributed by atoms with Crippen LogP contribution in [-0.4, -0.2) is 46.3 Å². The number of ether oxygens (including phenoxy) is 1. The molecule has 1 amide bonds. The van der Waals surface area contributed by atoms with Gasteiger partial charge in [-0.2, -0.15) is 0 Å². The van der Waals surface area contributed by atoms with Crippen LogP contribution < -0.4 is 0 Å². The molecule has 2 fully saturated rings. The van der Waals surface area contributed by atoms with Crippen molar-refractivity contribution in [2.75, 3.05) is 13.4 Å². The number of carbonyl (C=O) groups is 2. The normalized spacial score (nSPS) is 33.0. The summed E-state index contributed by atoms with van der Waals surface area (Å²) in [7, 11) is 1.33. The lowest BCUT2D eigenvalue weighted by Gasteiger charge is -2.36. The molecule has 0 radical (unpaired) electrons. The van der Waals surface area contributed by atoms with Gasteiger partial charge in [-0.1, -0.05) is 5.57 Å². The number of esters is 1. The Morgan fingerprint density at radius 1 is 1.39 bits per heavy atom. The molecule has 100 valence electrons. The van der Waals surface area contributed by atoms with Crippen LogP contribution >= 0.6 is 0 Å². The molecule has 18 heavy (non-hydrogen) atoms. The number of amides is 1. The lowest BCUT2D eigenvalue weighted by molar-refractivity contribution is -0.155. The summed E-state index contributed by atoms with van der Waals surface area (Å²) in [4.78, 5) is 25.9. The third kappa shape index (κ3) is 1.46. The van der Waals surface area contributed by atoms with E-state index in [9.17, 15) is 9.59 Å². The maximum atomic E-state index is 12.2.